The number of hydrogen-bond donors (Lipinski definition) is 2. The van der Waals surface area contributed by atoms with Crippen molar-refractivity contribution in [3.05, 3.63) is 41.2 Å². The van der Waals surface area contributed by atoms with Gasteiger partial charge in [-0.2, -0.15) is 5.10 Å². The summed E-state index contributed by atoms with van der Waals surface area (Å²) in [7, 11) is 0. The predicted molar refractivity (Wildman–Crippen MR) is 102 cm³/mol. The normalized spacial score (nSPS) is 19.6. The Kier molecular flexibility index (Phi) is 4.75. The van der Waals surface area contributed by atoms with E-state index in [0.29, 0.717) is 31.1 Å². The van der Waals surface area contributed by atoms with Crippen molar-refractivity contribution in [2.45, 2.75) is 50.9 Å². The molecule has 0 amide bonds. The molecule has 1 aliphatic carbocycles. The Bertz CT molecular complexity index is 828. The molecule has 4 N–H and O–H groups in total. The van der Waals surface area contributed by atoms with Gasteiger partial charge in [-0.05, 0) is 30.5 Å². The van der Waals surface area contributed by atoms with Gasteiger partial charge in [0.1, 0.15) is 5.69 Å². The number of anilines is 1. The zero-order chi connectivity index (χ0) is 19.0. The minimum Gasteiger partial charge on any atom is -0.395 e. The second-order valence-corrected chi connectivity index (χ2v) is 7.37. The average Bonchev–Trinajstić information content (AvgIpc) is 3.27. The summed E-state index contributed by atoms with van der Waals surface area (Å²) in [5, 5.41) is 4.75. The Hall–Kier alpha value is -2.22. The zero-order valence-electron chi connectivity index (χ0n) is 15.6. The monoisotopic (exact) mass is 370 g/mol. The van der Waals surface area contributed by atoms with Gasteiger partial charge in [0.25, 0.3) is 0 Å². The van der Waals surface area contributed by atoms with Crippen LogP contribution in [0.1, 0.15) is 60.3 Å². The summed E-state index contributed by atoms with van der Waals surface area (Å²) in [6.07, 6.45) is 3.41. The van der Waals surface area contributed by atoms with Crippen LogP contribution in [0.25, 0.3) is 5.69 Å². The number of carbonyl (C=O) groups is 1. The van der Waals surface area contributed by atoms with E-state index in [2.05, 4.69) is 0 Å². The standard InChI is InChI=1S/C20H26N4O3/c1-13(25)19-17(22)18(15-6-8-20(9-7-15)26-10-11-27-20)23-24(19)16-4-2-14(12-21)3-5-16/h2-5,15H,6-12,21-22H2,1H3. The molecule has 1 saturated carbocycles. The van der Waals surface area contributed by atoms with Crippen LogP contribution in [0.5, 0.6) is 0 Å². The van der Waals surface area contributed by atoms with Crippen LogP contribution in [-0.2, 0) is 16.0 Å². The van der Waals surface area contributed by atoms with Crippen molar-refractivity contribution in [1.29, 1.82) is 0 Å². The van der Waals surface area contributed by atoms with Gasteiger partial charge in [0, 0.05) is 32.2 Å². The smallest absolute Gasteiger partial charge is 0.180 e. The Morgan fingerprint density at radius 2 is 1.85 bits per heavy atom. The van der Waals surface area contributed by atoms with Crippen LogP contribution in [0.15, 0.2) is 24.3 Å². The topological polar surface area (TPSA) is 105 Å². The van der Waals surface area contributed by atoms with Gasteiger partial charge in [-0.15, -0.1) is 0 Å². The van der Waals surface area contributed by atoms with E-state index < -0.39 is 5.79 Å². The second kappa shape index (κ2) is 7.07. The summed E-state index contributed by atoms with van der Waals surface area (Å²) < 4.78 is 13.3. The minimum atomic E-state index is -0.421. The Morgan fingerprint density at radius 3 is 2.41 bits per heavy atom. The van der Waals surface area contributed by atoms with E-state index in [9.17, 15) is 4.79 Å². The minimum absolute atomic E-state index is 0.0936. The average molecular weight is 370 g/mol. The van der Waals surface area contributed by atoms with Crippen LogP contribution in [0.4, 0.5) is 5.69 Å². The van der Waals surface area contributed by atoms with Crippen molar-refractivity contribution in [1.82, 2.24) is 9.78 Å². The van der Waals surface area contributed by atoms with Crippen molar-refractivity contribution in [2.24, 2.45) is 5.73 Å². The summed E-state index contributed by atoms with van der Waals surface area (Å²) in [6, 6.07) is 7.72. The van der Waals surface area contributed by atoms with Crippen molar-refractivity contribution in [2.75, 3.05) is 18.9 Å². The van der Waals surface area contributed by atoms with E-state index >= 15 is 0 Å². The van der Waals surface area contributed by atoms with Crippen molar-refractivity contribution < 1.29 is 14.3 Å². The molecule has 2 aromatic rings. The number of Topliss-reactive ketones (excluding diaryl/α,β-unsaturated/α-hetero) is 1. The molecule has 0 atom stereocenters. The first-order valence-electron chi connectivity index (χ1n) is 9.49. The van der Waals surface area contributed by atoms with E-state index in [1.165, 1.54) is 6.92 Å². The molecule has 1 aromatic carbocycles. The highest BCUT2D eigenvalue weighted by molar-refractivity contribution is 5.98. The van der Waals surface area contributed by atoms with Gasteiger partial charge in [-0.1, -0.05) is 12.1 Å². The zero-order valence-corrected chi connectivity index (χ0v) is 15.6. The molecule has 0 unspecified atom stereocenters. The van der Waals surface area contributed by atoms with Gasteiger partial charge >= 0.3 is 0 Å². The van der Waals surface area contributed by atoms with Crippen LogP contribution in [0, 0.1) is 0 Å². The molecule has 0 bridgehead atoms. The number of benzene rings is 1. The third-order valence-electron chi connectivity index (χ3n) is 5.65. The number of nitrogens with zero attached hydrogens (tertiary/aromatic N) is 2. The first-order valence-corrected chi connectivity index (χ1v) is 9.49. The summed E-state index contributed by atoms with van der Waals surface area (Å²) in [4.78, 5) is 12.3. The van der Waals surface area contributed by atoms with Crippen LogP contribution in [0.3, 0.4) is 0 Å². The highest BCUT2D eigenvalue weighted by atomic mass is 16.7. The SMILES string of the molecule is CC(=O)c1c(N)c(C2CCC3(CC2)OCCO3)nn1-c1ccc(CN)cc1. The van der Waals surface area contributed by atoms with Gasteiger partial charge < -0.3 is 20.9 Å². The third kappa shape index (κ3) is 3.26. The van der Waals surface area contributed by atoms with Crippen molar-refractivity contribution in [3.63, 3.8) is 0 Å². The molecule has 144 valence electrons. The maximum atomic E-state index is 12.3. The van der Waals surface area contributed by atoms with Crippen molar-refractivity contribution in [3.8, 4) is 5.69 Å². The lowest BCUT2D eigenvalue weighted by molar-refractivity contribution is -0.178. The van der Waals surface area contributed by atoms with Crippen LogP contribution >= 0.6 is 0 Å². The molecule has 2 fully saturated rings. The fourth-order valence-electron chi connectivity index (χ4n) is 4.16. The second-order valence-electron chi connectivity index (χ2n) is 7.37. The van der Waals surface area contributed by atoms with Crippen LogP contribution in [0.2, 0.25) is 0 Å². The molecule has 7 heteroatoms. The van der Waals surface area contributed by atoms with Gasteiger partial charge in [-0.3, -0.25) is 4.79 Å². The maximum absolute atomic E-state index is 12.3. The number of aromatic nitrogens is 2. The molecule has 1 spiro atoms. The molecule has 2 heterocycles. The summed E-state index contributed by atoms with van der Waals surface area (Å²) in [5.74, 6) is -0.315. The van der Waals surface area contributed by atoms with Crippen LogP contribution in [-0.4, -0.2) is 34.6 Å². The highest BCUT2D eigenvalue weighted by Gasteiger charge is 2.42. The van der Waals surface area contributed by atoms with Gasteiger partial charge in [0.05, 0.1) is 30.3 Å². The third-order valence-corrected chi connectivity index (χ3v) is 5.65. The number of ketones is 1. The molecule has 1 aromatic heterocycles. The van der Waals surface area contributed by atoms with Gasteiger partial charge in [0.2, 0.25) is 0 Å². The Morgan fingerprint density at radius 1 is 1.22 bits per heavy atom. The number of carbonyl (C=O) groups excluding carboxylic acids is 1. The maximum Gasteiger partial charge on any atom is 0.180 e. The van der Waals surface area contributed by atoms with E-state index in [4.69, 9.17) is 26.0 Å². The molecule has 1 saturated heterocycles. The summed E-state index contributed by atoms with van der Waals surface area (Å²) in [6.45, 7) is 3.32. The number of nitrogens with two attached hydrogens (primary N) is 2. The summed E-state index contributed by atoms with van der Waals surface area (Å²) >= 11 is 0. The van der Waals surface area contributed by atoms with Crippen molar-refractivity contribution >= 4 is 11.5 Å². The number of rotatable bonds is 4. The van der Waals surface area contributed by atoms with Gasteiger partial charge in [-0.25, -0.2) is 4.68 Å². The Balaban J connectivity index is 1.65. The first-order chi connectivity index (χ1) is 13.0. The fraction of sp³-hybridized carbons (Fsp3) is 0.500. The number of nitrogen functional groups attached to an aromatic ring is 1. The van der Waals surface area contributed by atoms with E-state index in [1.807, 2.05) is 24.3 Å². The van der Waals surface area contributed by atoms with E-state index in [0.717, 1.165) is 42.6 Å². The lowest BCUT2D eigenvalue weighted by atomic mass is 9.82. The molecular weight excluding hydrogens is 344 g/mol. The summed E-state index contributed by atoms with van der Waals surface area (Å²) in [5.41, 5.74) is 15.6. The molecular formula is C20H26N4O3. The molecule has 27 heavy (non-hydrogen) atoms. The molecule has 7 nitrogen and oxygen atoms in total. The quantitative estimate of drug-likeness (QED) is 0.801. The molecule has 4 rings (SSSR count). The predicted octanol–water partition coefficient (Wildman–Crippen LogP) is 2.52. The largest absolute Gasteiger partial charge is 0.395 e. The first kappa shape index (κ1) is 18.2. The number of ether oxygens (including phenoxy) is 2. The molecule has 0 radical (unpaired) electrons. The van der Waals surface area contributed by atoms with E-state index in [-0.39, 0.29) is 11.7 Å². The highest BCUT2D eigenvalue weighted by Crippen LogP contribution is 2.43. The molecule has 1 aliphatic heterocycles. The van der Waals surface area contributed by atoms with Gasteiger partial charge in [0.15, 0.2) is 11.6 Å². The van der Waals surface area contributed by atoms with Crippen LogP contribution < -0.4 is 11.5 Å². The Labute approximate surface area is 158 Å². The van der Waals surface area contributed by atoms with E-state index in [1.54, 1.807) is 4.68 Å². The lowest BCUT2D eigenvalue weighted by Gasteiger charge is -2.34. The lowest BCUT2D eigenvalue weighted by Crippen LogP contribution is -2.34. The fourth-order valence-corrected chi connectivity index (χ4v) is 4.16. The number of hydrogen-bond acceptors (Lipinski definition) is 6. The molecule has 2 aliphatic rings.